The van der Waals surface area contributed by atoms with Gasteiger partial charge in [-0.25, -0.2) is 4.39 Å². The van der Waals surface area contributed by atoms with Crippen molar-refractivity contribution < 1.29 is 9.18 Å². The van der Waals surface area contributed by atoms with Crippen LogP contribution in [0.2, 0.25) is 0 Å². The molecule has 1 N–H and O–H groups in total. The number of aromatic nitrogens is 5. The highest BCUT2D eigenvalue weighted by Crippen LogP contribution is 2.25. The Morgan fingerprint density at radius 1 is 1.10 bits per heavy atom. The number of nitrogens with one attached hydrogen (secondary N) is 1. The molecule has 0 aliphatic carbocycles. The summed E-state index contributed by atoms with van der Waals surface area (Å²) in [5, 5.41) is 11.7. The van der Waals surface area contributed by atoms with Crippen LogP contribution in [0.4, 0.5) is 4.39 Å². The van der Waals surface area contributed by atoms with E-state index in [2.05, 4.69) is 20.5 Å². The van der Waals surface area contributed by atoms with Crippen LogP contribution < -0.4 is 5.32 Å². The first-order valence-electron chi connectivity index (χ1n) is 10.1. The first kappa shape index (κ1) is 20.5. The van der Waals surface area contributed by atoms with Crippen molar-refractivity contribution in [2.75, 3.05) is 6.54 Å². The molecule has 0 radical (unpaired) electrons. The fourth-order valence-electron chi connectivity index (χ4n) is 3.21. The van der Waals surface area contributed by atoms with E-state index in [-0.39, 0.29) is 11.7 Å². The molecule has 0 saturated heterocycles. The Morgan fingerprint density at radius 2 is 1.94 bits per heavy atom. The number of halogens is 1. The van der Waals surface area contributed by atoms with Crippen LogP contribution in [0.25, 0.3) is 22.6 Å². The molecule has 0 fully saturated rings. The van der Waals surface area contributed by atoms with Crippen molar-refractivity contribution in [3.63, 3.8) is 0 Å². The Hall–Kier alpha value is -3.81. The number of amides is 1. The normalized spacial score (nSPS) is 10.9. The van der Waals surface area contributed by atoms with E-state index in [1.165, 1.54) is 12.1 Å². The lowest BCUT2D eigenvalue weighted by atomic mass is 10.1. The van der Waals surface area contributed by atoms with Crippen LogP contribution in [0.3, 0.4) is 0 Å². The monoisotopic (exact) mass is 418 g/mol. The van der Waals surface area contributed by atoms with Crippen molar-refractivity contribution in [1.29, 1.82) is 0 Å². The van der Waals surface area contributed by atoms with Crippen LogP contribution in [-0.4, -0.2) is 37.0 Å². The second-order valence-electron chi connectivity index (χ2n) is 7.23. The van der Waals surface area contributed by atoms with Gasteiger partial charge in [0.1, 0.15) is 5.82 Å². The van der Waals surface area contributed by atoms with Crippen LogP contribution in [-0.2, 0) is 17.9 Å². The highest BCUT2D eigenvalue weighted by atomic mass is 19.1. The molecule has 0 aliphatic heterocycles. The van der Waals surface area contributed by atoms with Gasteiger partial charge in [-0.05, 0) is 55.0 Å². The topological polar surface area (TPSA) is 77.6 Å². The van der Waals surface area contributed by atoms with Gasteiger partial charge in [0.25, 0.3) is 0 Å². The number of carbonyl (C=O) groups excluding carboxylic acids is 1. The van der Waals surface area contributed by atoms with Crippen LogP contribution in [0.1, 0.15) is 12.0 Å². The molecular weight excluding hydrogens is 395 g/mol. The largest absolute Gasteiger partial charge is 0.354 e. The quantitative estimate of drug-likeness (QED) is 0.475. The number of rotatable bonds is 8. The van der Waals surface area contributed by atoms with Crippen LogP contribution >= 0.6 is 0 Å². The van der Waals surface area contributed by atoms with E-state index in [9.17, 15) is 9.18 Å². The minimum absolute atomic E-state index is 0.0450. The van der Waals surface area contributed by atoms with Crippen molar-refractivity contribution in [3.05, 3.63) is 78.5 Å². The molecule has 0 bridgehead atoms. The number of benzene rings is 1. The van der Waals surface area contributed by atoms with Gasteiger partial charge >= 0.3 is 0 Å². The average molecular weight is 418 g/mol. The summed E-state index contributed by atoms with van der Waals surface area (Å²) in [7, 11) is 0. The van der Waals surface area contributed by atoms with Gasteiger partial charge in [0, 0.05) is 43.7 Å². The molecule has 1 aromatic carbocycles. The number of carbonyl (C=O) groups is 1. The summed E-state index contributed by atoms with van der Waals surface area (Å²) in [4.78, 5) is 16.7. The molecule has 0 atom stereocenters. The Labute approximate surface area is 179 Å². The number of hydrogen-bond donors (Lipinski definition) is 1. The molecule has 8 heteroatoms. The van der Waals surface area contributed by atoms with Crippen LogP contribution in [0, 0.1) is 12.7 Å². The third-order valence-corrected chi connectivity index (χ3v) is 4.87. The maximum absolute atomic E-state index is 13.3. The second kappa shape index (κ2) is 9.34. The molecule has 0 aliphatic rings. The maximum Gasteiger partial charge on any atom is 0.221 e. The minimum Gasteiger partial charge on any atom is -0.354 e. The lowest BCUT2D eigenvalue weighted by Gasteiger charge is -2.09. The fraction of sp³-hybridized carbons (Fsp3) is 0.217. The van der Waals surface area contributed by atoms with E-state index in [0.29, 0.717) is 26.1 Å². The van der Waals surface area contributed by atoms with Crippen molar-refractivity contribution in [2.45, 2.75) is 26.4 Å². The summed E-state index contributed by atoms with van der Waals surface area (Å²) in [6, 6.07) is 13.9. The zero-order chi connectivity index (χ0) is 21.6. The molecule has 4 rings (SSSR count). The summed E-state index contributed by atoms with van der Waals surface area (Å²) in [6.45, 7) is 3.44. The van der Waals surface area contributed by atoms with E-state index in [1.54, 1.807) is 29.2 Å². The highest BCUT2D eigenvalue weighted by Gasteiger charge is 2.13. The number of nitrogens with zero attached hydrogens (tertiary/aromatic N) is 5. The number of aryl methyl sites for hydroxylation is 2. The predicted molar refractivity (Wildman–Crippen MR) is 115 cm³/mol. The SMILES string of the molecule is Cc1ccc(-c2cc(-c3ccc(F)cc3)nn2CCNC(=O)CCn2cccn2)nc1. The molecule has 1 amide bonds. The third kappa shape index (κ3) is 5.22. The smallest absolute Gasteiger partial charge is 0.221 e. The van der Waals surface area contributed by atoms with Gasteiger partial charge < -0.3 is 5.32 Å². The summed E-state index contributed by atoms with van der Waals surface area (Å²) in [6.07, 6.45) is 5.68. The molecule has 31 heavy (non-hydrogen) atoms. The third-order valence-electron chi connectivity index (χ3n) is 4.87. The molecule has 0 unspecified atom stereocenters. The first-order valence-corrected chi connectivity index (χ1v) is 10.1. The average Bonchev–Trinajstić information content (AvgIpc) is 3.44. The molecule has 7 nitrogen and oxygen atoms in total. The van der Waals surface area contributed by atoms with Crippen molar-refractivity contribution in [3.8, 4) is 22.6 Å². The zero-order valence-corrected chi connectivity index (χ0v) is 17.2. The van der Waals surface area contributed by atoms with Crippen molar-refractivity contribution >= 4 is 5.91 Å². The molecule has 3 aromatic heterocycles. The van der Waals surface area contributed by atoms with Gasteiger partial charge in [0.2, 0.25) is 5.91 Å². The van der Waals surface area contributed by atoms with E-state index >= 15 is 0 Å². The van der Waals surface area contributed by atoms with Crippen LogP contribution in [0.15, 0.2) is 67.1 Å². The number of pyridine rings is 1. The minimum atomic E-state index is -0.290. The second-order valence-corrected chi connectivity index (χ2v) is 7.23. The van der Waals surface area contributed by atoms with Gasteiger partial charge in [-0.2, -0.15) is 10.2 Å². The fourth-order valence-corrected chi connectivity index (χ4v) is 3.21. The maximum atomic E-state index is 13.3. The standard InChI is InChI=1S/C23H23FN6O/c1-17-3-8-20(26-16-17)22-15-21(18-4-6-19(24)7-5-18)28-30(22)14-11-25-23(31)9-13-29-12-2-10-27-29/h2-8,10,12,15-16H,9,11,13-14H2,1H3,(H,25,31). The van der Waals surface area contributed by atoms with Gasteiger partial charge in [-0.1, -0.05) is 6.07 Å². The number of hydrogen-bond acceptors (Lipinski definition) is 4. The summed E-state index contributed by atoms with van der Waals surface area (Å²) in [5.41, 5.74) is 4.23. The Kier molecular flexibility index (Phi) is 6.16. The lowest BCUT2D eigenvalue weighted by molar-refractivity contribution is -0.121. The summed E-state index contributed by atoms with van der Waals surface area (Å²) < 4.78 is 16.9. The molecular formula is C23H23FN6O. The van der Waals surface area contributed by atoms with Crippen molar-refractivity contribution in [2.24, 2.45) is 0 Å². The molecule has 4 aromatic rings. The lowest BCUT2D eigenvalue weighted by Crippen LogP contribution is -2.28. The Bertz CT molecular complexity index is 1130. The van der Waals surface area contributed by atoms with E-state index < -0.39 is 0 Å². The van der Waals surface area contributed by atoms with Gasteiger partial charge in [0.15, 0.2) is 0 Å². The molecule has 3 heterocycles. The first-order chi connectivity index (χ1) is 15.1. The Balaban J connectivity index is 1.47. The van der Waals surface area contributed by atoms with E-state index in [4.69, 9.17) is 0 Å². The van der Waals surface area contributed by atoms with E-state index in [1.807, 2.05) is 42.1 Å². The van der Waals surface area contributed by atoms with Crippen molar-refractivity contribution in [1.82, 2.24) is 29.9 Å². The predicted octanol–water partition coefficient (Wildman–Crippen LogP) is 3.46. The Morgan fingerprint density at radius 3 is 2.65 bits per heavy atom. The molecule has 0 saturated carbocycles. The summed E-state index contributed by atoms with van der Waals surface area (Å²) >= 11 is 0. The van der Waals surface area contributed by atoms with E-state index in [0.717, 1.165) is 28.2 Å². The van der Waals surface area contributed by atoms with Gasteiger partial charge in [-0.15, -0.1) is 0 Å². The van der Waals surface area contributed by atoms with Gasteiger partial charge in [0.05, 0.1) is 23.6 Å². The summed E-state index contributed by atoms with van der Waals surface area (Å²) in [5.74, 6) is -0.335. The molecule has 158 valence electrons. The zero-order valence-electron chi connectivity index (χ0n) is 17.2. The molecule has 0 spiro atoms. The van der Waals surface area contributed by atoms with Gasteiger partial charge in [-0.3, -0.25) is 19.1 Å². The van der Waals surface area contributed by atoms with Crippen LogP contribution in [0.5, 0.6) is 0 Å². The highest BCUT2D eigenvalue weighted by molar-refractivity contribution is 5.75.